The van der Waals surface area contributed by atoms with Crippen molar-refractivity contribution >= 4 is 28.5 Å². The van der Waals surface area contributed by atoms with Crippen LogP contribution < -0.4 is 16.4 Å². The van der Waals surface area contributed by atoms with Crippen molar-refractivity contribution in [3.05, 3.63) is 59.8 Å². The largest absolute Gasteiger partial charge is 0.351 e. The van der Waals surface area contributed by atoms with Crippen LogP contribution in [0.15, 0.2) is 48.7 Å². The van der Waals surface area contributed by atoms with E-state index in [0.717, 1.165) is 10.9 Å². The first-order chi connectivity index (χ1) is 11.1. The molecule has 0 aliphatic heterocycles. The van der Waals surface area contributed by atoms with Crippen LogP contribution in [0, 0.1) is 0 Å². The fourth-order valence-electron chi connectivity index (χ4n) is 2.28. The molecule has 116 valence electrons. The third kappa shape index (κ3) is 3.29. The van der Waals surface area contributed by atoms with Gasteiger partial charge in [0.05, 0.1) is 17.3 Å². The molecule has 23 heavy (non-hydrogen) atoms. The number of para-hydroxylation sites is 1. The minimum absolute atomic E-state index is 0.181. The van der Waals surface area contributed by atoms with E-state index >= 15 is 0 Å². The summed E-state index contributed by atoms with van der Waals surface area (Å²) in [5, 5.41) is 13.0. The Morgan fingerprint density at radius 3 is 2.65 bits per heavy atom. The van der Waals surface area contributed by atoms with Crippen LogP contribution in [0.1, 0.15) is 15.9 Å². The maximum Gasteiger partial charge on any atom is 0.316 e. The maximum atomic E-state index is 12.3. The lowest BCUT2D eigenvalue weighted by Gasteiger charge is -2.07. The molecule has 1 aromatic heterocycles. The number of nitrogens with zero attached hydrogens (tertiary/aromatic N) is 1. The van der Waals surface area contributed by atoms with Crippen molar-refractivity contribution in [2.45, 2.75) is 6.54 Å². The van der Waals surface area contributed by atoms with Crippen molar-refractivity contribution in [1.82, 2.24) is 15.5 Å². The summed E-state index contributed by atoms with van der Waals surface area (Å²) in [5.74, 6) is -0.181. The van der Waals surface area contributed by atoms with Crippen molar-refractivity contribution in [2.24, 2.45) is 5.73 Å². The second-order valence-electron chi connectivity index (χ2n) is 5.01. The van der Waals surface area contributed by atoms with Gasteiger partial charge in [-0.25, -0.2) is 4.79 Å². The number of urea groups is 1. The number of H-pyrrole nitrogens is 1. The molecular formula is C16H15N5O2. The highest BCUT2D eigenvalue weighted by molar-refractivity contribution is 6.05. The van der Waals surface area contributed by atoms with E-state index in [9.17, 15) is 9.59 Å². The molecule has 0 aliphatic rings. The first kappa shape index (κ1) is 14.6. The van der Waals surface area contributed by atoms with Crippen LogP contribution in [-0.2, 0) is 6.54 Å². The number of primary amides is 1. The van der Waals surface area contributed by atoms with Gasteiger partial charge in [-0.1, -0.05) is 24.3 Å². The summed E-state index contributed by atoms with van der Waals surface area (Å²) in [6, 6.07) is 11.9. The molecule has 2 aromatic carbocycles. The summed E-state index contributed by atoms with van der Waals surface area (Å²) in [6.07, 6.45) is 1.68. The number of nitrogens with two attached hydrogens (primary N) is 1. The van der Waals surface area contributed by atoms with Gasteiger partial charge in [0, 0.05) is 17.6 Å². The molecule has 7 nitrogen and oxygen atoms in total. The molecule has 0 bridgehead atoms. The molecule has 0 unspecified atom stereocenters. The van der Waals surface area contributed by atoms with E-state index in [0.29, 0.717) is 23.3 Å². The quantitative estimate of drug-likeness (QED) is 0.591. The van der Waals surface area contributed by atoms with Crippen molar-refractivity contribution < 1.29 is 9.59 Å². The average Bonchev–Trinajstić information content (AvgIpc) is 3.02. The van der Waals surface area contributed by atoms with Gasteiger partial charge in [-0.2, -0.15) is 5.10 Å². The number of fused-ring (bicyclic) bond motifs is 1. The SMILES string of the molecule is NC(=O)Nc1ccc(CNC(=O)c2cccc3cn[nH]c23)cc1. The predicted octanol–water partition coefficient (Wildman–Crippen LogP) is 1.98. The summed E-state index contributed by atoms with van der Waals surface area (Å²) in [7, 11) is 0. The number of rotatable bonds is 4. The van der Waals surface area contributed by atoms with E-state index in [1.165, 1.54) is 0 Å². The average molecular weight is 309 g/mol. The lowest BCUT2D eigenvalue weighted by Crippen LogP contribution is -2.23. The van der Waals surface area contributed by atoms with Gasteiger partial charge >= 0.3 is 6.03 Å². The zero-order valence-corrected chi connectivity index (χ0v) is 12.2. The lowest BCUT2D eigenvalue weighted by molar-refractivity contribution is 0.0952. The topological polar surface area (TPSA) is 113 Å². The van der Waals surface area contributed by atoms with Gasteiger partial charge in [0.15, 0.2) is 0 Å². The van der Waals surface area contributed by atoms with Gasteiger partial charge in [-0.3, -0.25) is 9.89 Å². The van der Waals surface area contributed by atoms with E-state index in [1.54, 1.807) is 24.4 Å². The molecule has 0 fully saturated rings. The first-order valence-electron chi connectivity index (χ1n) is 6.99. The Hall–Kier alpha value is -3.35. The fourth-order valence-corrected chi connectivity index (χ4v) is 2.28. The number of benzene rings is 2. The van der Waals surface area contributed by atoms with E-state index in [-0.39, 0.29) is 5.91 Å². The molecule has 1 heterocycles. The molecule has 0 radical (unpaired) electrons. The van der Waals surface area contributed by atoms with Gasteiger partial charge < -0.3 is 16.4 Å². The van der Waals surface area contributed by atoms with Gasteiger partial charge in [0.2, 0.25) is 0 Å². The van der Waals surface area contributed by atoms with Crippen molar-refractivity contribution in [3.63, 3.8) is 0 Å². The minimum Gasteiger partial charge on any atom is -0.351 e. The smallest absolute Gasteiger partial charge is 0.316 e. The molecule has 0 saturated carbocycles. The van der Waals surface area contributed by atoms with E-state index in [4.69, 9.17) is 5.73 Å². The fraction of sp³-hybridized carbons (Fsp3) is 0.0625. The molecule has 0 atom stereocenters. The summed E-state index contributed by atoms with van der Waals surface area (Å²) >= 11 is 0. The van der Waals surface area contributed by atoms with Gasteiger partial charge in [-0.15, -0.1) is 0 Å². The molecule has 3 aromatic rings. The number of hydrogen-bond acceptors (Lipinski definition) is 3. The second kappa shape index (κ2) is 6.18. The highest BCUT2D eigenvalue weighted by atomic mass is 16.2. The standard InChI is InChI=1S/C16H15N5O2/c17-16(23)20-12-6-4-10(5-7-12)8-18-15(22)13-3-1-2-11-9-19-21-14(11)13/h1-7,9H,8H2,(H,18,22)(H,19,21)(H3,17,20,23). The summed E-state index contributed by atoms with van der Waals surface area (Å²) in [4.78, 5) is 23.1. The number of amides is 3. The Morgan fingerprint density at radius 1 is 1.13 bits per heavy atom. The lowest BCUT2D eigenvalue weighted by atomic mass is 10.1. The molecule has 3 amide bonds. The molecular weight excluding hydrogens is 294 g/mol. The minimum atomic E-state index is -0.612. The summed E-state index contributed by atoms with van der Waals surface area (Å²) in [6.45, 7) is 0.375. The number of anilines is 1. The van der Waals surface area contributed by atoms with Gasteiger partial charge in [-0.05, 0) is 23.8 Å². The van der Waals surface area contributed by atoms with Crippen LogP contribution in [0.2, 0.25) is 0 Å². The zero-order valence-electron chi connectivity index (χ0n) is 12.2. The third-order valence-electron chi connectivity index (χ3n) is 3.40. The van der Waals surface area contributed by atoms with E-state index < -0.39 is 6.03 Å². The Morgan fingerprint density at radius 2 is 1.91 bits per heavy atom. The highest BCUT2D eigenvalue weighted by Crippen LogP contribution is 2.15. The van der Waals surface area contributed by atoms with Crippen molar-refractivity contribution in [2.75, 3.05) is 5.32 Å². The monoisotopic (exact) mass is 309 g/mol. The molecule has 7 heteroatoms. The molecule has 5 N–H and O–H groups in total. The highest BCUT2D eigenvalue weighted by Gasteiger charge is 2.10. The van der Waals surface area contributed by atoms with Crippen LogP contribution in [0.5, 0.6) is 0 Å². The summed E-state index contributed by atoms with van der Waals surface area (Å²) < 4.78 is 0. The van der Waals surface area contributed by atoms with Crippen LogP contribution in [-0.4, -0.2) is 22.1 Å². The van der Waals surface area contributed by atoms with E-state index in [1.807, 2.05) is 24.3 Å². The zero-order chi connectivity index (χ0) is 16.2. The van der Waals surface area contributed by atoms with Gasteiger partial charge in [0.1, 0.15) is 0 Å². The number of carbonyl (C=O) groups is 2. The van der Waals surface area contributed by atoms with Crippen molar-refractivity contribution in [3.8, 4) is 0 Å². The Bertz CT molecular complexity index is 854. The number of aromatic amines is 1. The number of carbonyl (C=O) groups excluding carboxylic acids is 2. The predicted molar refractivity (Wildman–Crippen MR) is 86.9 cm³/mol. The second-order valence-corrected chi connectivity index (χ2v) is 5.01. The van der Waals surface area contributed by atoms with Crippen LogP contribution in [0.3, 0.4) is 0 Å². The van der Waals surface area contributed by atoms with Crippen LogP contribution in [0.25, 0.3) is 10.9 Å². The Kier molecular flexibility index (Phi) is 3.92. The maximum absolute atomic E-state index is 12.3. The Balaban J connectivity index is 1.67. The number of aromatic nitrogens is 2. The Labute approximate surface area is 131 Å². The molecule has 0 spiro atoms. The summed E-state index contributed by atoms with van der Waals surface area (Å²) in [5.41, 5.74) is 7.82. The molecule has 0 saturated heterocycles. The normalized spacial score (nSPS) is 10.4. The first-order valence-corrected chi connectivity index (χ1v) is 6.99. The van der Waals surface area contributed by atoms with E-state index in [2.05, 4.69) is 20.8 Å². The molecule has 3 rings (SSSR count). The van der Waals surface area contributed by atoms with Gasteiger partial charge in [0.25, 0.3) is 5.91 Å². The van der Waals surface area contributed by atoms with Crippen LogP contribution in [0.4, 0.5) is 10.5 Å². The number of nitrogens with one attached hydrogen (secondary N) is 3. The van der Waals surface area contributed by atoms with Crippen molar-refractivity contribution in [1.29, 1.82) is 0 Å². The molecule has 0 aliphatic carbocycles. The third-order valence-corrected chi connectivity index (χ3v) is 3.40. The number of hydrogen-bond donors (Lipinski definition) is 4. The van der Waals surface area contributed by atoms with Crippen LogP contribution >= 0.6 is 0 Å².